The fourth-order valence-electron chi connectivity index (χ4n) is 2.85. The first kappa shape index (κ1) is 13.0. The van der Waals surface area contributed by atoms with E-state index in [-0.39, 0.29) is 11.9 Å². The number of amides is 1. The number of nitrogens with zero attached hydrogens (tertiary/aromatic N) is 3. The van der Waals surface area contributed by atoms with Crippen molar-refractivity contribution in [1.82, 2.24) is 20.1 Å². The van der Waals surface area contributed by atoms with E-state index in [0.29, 0.717) is 24.8 Å². The van der Waals surface area contributed by atoms with Crippen molar-refractivity contribution in [2.75, 3.05) is 13.1 Å². The van der Waals surface area contributed by atoms with Crippen LogP contribution in [0.1, 0.15) is 43.2 Å². The lowest BCUT2D eigenvalue weighted by Crippen LogP contribution is -2.48. The van der Waals surface area contributed by atoms with Gasteiger partial charge in [0, 0.05) is 12.6 Å². The SMILES string of the molecule is CCN(C(=O)c1ncn[nH]1)C1CCCCC1CN. The Morgan fingerprint density at radius 2 is 2.33 bits per heavy atom. The average Bonchev–Trinajstić information content (AvgIpc) is 2.94. The monoisotopic (exact) mass is 251 g/mol. The van der Waals surface area contributed by atoms with Gasteiger partial charge in [-0.25, -0.2) is 4.98 Å². The molecule has 0 spiro atoms. The van der Waals surface area contributed by atoms with Gasteiger partial charge in [0.25, 0.3) is 5.91 Å². The Bertz CT molecular complexity index is 378. The molecule has 2 unspecified atom stereocenters. The Morgan fingerprint density at radius 1 is 1.56 bits per heavy atom. The zero-order valence-corrected chi connectivity index (χ0v) is 10.8. The van der Waals surface area contributed by atoms with Gasteiger partial charge in [0.15, 0.2) is 0 Å². The van der Waals surface area contributed by atoms with Crippen molar-refractivity contribution in [1.29, 1.82) is 0 Å². The molecule has 2 atom stereocenters. The molecular weight excluding hydrogens is 230 g/mol. The summed E-state index contributed by atoms with van der Waals surface area (Å²) in [5.74, 6) is 0.657. The van der Waals surface area contributed by atoms with E-state index in [9.17, 15) is 4.79 Å². The Hall–Kier alpha value is -1.43. The molecular formula is C12H21N5O. The Kier molecular flexibility index (Phi) is 4.30. The zero-order chi connectivity index (χ0) is 13.0. The van der Waals surface area contributed by atoms with Gasteiger partial charge in [-0.1, -0.05) is 12.8 Å². The predicted molar refractivity (Wildman–Crippen MR) is 67.9 cm³/mol. The Balaban J connectivity index is 2.14. The van der Waals surface area contributed by atoms with Gasteiger partial charge in [-0.3, -0.25) is 9.89 Å². The fraction of sp³-hybridized carbons (Fsp3) is 0.750. The largest absolute Gasteiger partial charge is 0.333 e. The third-order valence-corrected chi connectivity index (χ3v) is 3.79. The van der Waals surface area contributed by atoms with Crippen LogP contribution in [0.15, 0.2) is 6.33 Å². The van der Waals surface area contributed by atoms with Crippen LogP contribution in [-0.4, -0.2) is 45.1 Å². The molecule has 1 fully saturated rings. The summed E-state index contributed by atoms with van der Waals surface area (Å²) >= 11 is 0. The predicted octanol–water partition coefficient (Wildman–Crippen LogP) is 0.784. The lowest BCUT2D eigenvalue weighted by atomic mass is 9.83. The molecule has 1 amide bonds. The van der Waals surface area contributed by atoms with E-state index in [1.165, 1.54) is 19.2 Å². The smallest absolute Gasteiger partial charge is 0.291 e. The molecule has 0 bridgehead atoms. The van der Waals surface area contributed by atoms with E-state index in [1.807, 2.05) is 11.8 Å². The second-order valence-corrected chi connectivity index (χ2v) is 4.77. The van der Waals surface area contributed by atoms with E-state index in [1.54, 1.807) is 0 Å². The van der Waals surface area contributed by atoms with E-state index >= 15 is 0 Å². The molecule has 1 aromatic heterocycles. The van der Waals surface area contributed by atoms with E-state index in [0.717, 1.165) is 12.8 Å². The summed E-state index contributed by atoms with van der Waals surface area (Å²) in [4.78, 5) is 18.2. The van der Waals surface area contributed by atoms with Crippen LogP contribution in [0.5, 0.6) is 0 Å². The maximum absolute atomic E-state index is 12.3. The van der Waals surface area contributed by atoms with Crippen molar-refractivity contribution in [3.05, 3.63) is 12.2 Å². The number of aromatic nitrogens is 3. The second-order valence-electron chi connectivity index (χ2n) is 4.77. The Morgan fingerprint density at radius 3 is 2.94 bits per heavy atom. The summed E-state index contributed by atoms with van der Waals surface area (Å²) in [5.41, 5.74) is 5.83. The maximum atomic E-state index is 12.3. The molecule has 0 aromatic carbocycles. The lowest BCUT2D eigenvalue weighted by molar-refractivity contribution is 0.0548. The zero-order valence-electron chi connectivity index (χ0n) is 10.8. The number of H-pyrrole nitrogens is 1. The van der Waals surface area contributed by atoms with Crippen LogP contribution in [0.25, 0.3) is 0 Å². The minimum atomic E-state index is -0.0691. The first-order chi connectivity index (χ1) is 8.77. The van der Waals surface area contributed by atoms with Crippen LogP contribution >= 0.6 is 0 Å². The highest BCUT2D eigenvalue weighted by atomic mass is 16.2. The molecule has 1 aromatic rings. The fourth-order valence-corrected chi connectivity index (χ4v) is 2.85. The number of rotatable bonds is 4. The van der Waals surface area contributed by atoms with Gasteiger partial charge in [0.05, 0.1) is 0 Å². The van der Waals surface area contributed by atoms with Gasteiger partial charge in [0.1, 0.15) is 6.33 Å². The van der Waals surface area contributed by atoms with Crippen LogP contribution < -0.4 is 5.73 Å². The number of aromatic amines is 1. The molecule has 6 heteroatoms. The standard InChI is InChI=1S/C12H21N5O/c1-2-17(12(18)11-14-8-15-16-11)10-6-4-3-5-9(10)7-13/h8-10H,2-7,13H2,1H3,(H,14,15,16). The van der Waals surface area contributed by atoms with Crippen LogP contribution in [0.2, 0.25) is 0 Å². The van der Waals surface area contributed by atoms with Gasteiger partial charge in [0.2, 0.25) is 5.82 Å². The van der Waals surface area contributed by atoms with Gasteiger partial charge < -0.3 is 10.6 Å². The molecule has 18 heavy (non-hydrogen) atoms. The minimum Gasteiger partial charge on any atom is -0.333 e. The van der Waals surface area contributed by atoms with E-state index in [4.69, 9.17) is 5.73 Å². The number of nitrogens with one attached hydrogen (secondary N) is 1. The summed E-state index contributed by atoms with van der Waals surface area (Å²) in [7, 11) is 0. The van der Waals surface area contributed by atoms with Crippen molar-refractivity contribution in [3.63, 3.8) is 0 Å². The van der Waals surface area contributed by atoms with Gasteiger partial charge in [-0.2, -0.15) is 5.10 Å². The third kappa shape index (κ3) is 2.53. The van der Waals surface area contributed by atoms with Crippen LogP contribution in [0, 0.1) is 5.92 Å². The van der Waals surface area contributed by atoms with Crippen molar-refractivity contribution in [2.24, 2.45) is 11.7 Å². The lowest BCUT2D eigenvalue weighted by Gasteiger charge is -2.38. The molecule has 3 N–H and O–H groups in total. The third-order valence-electron chi connectivity index (χ3n) is 3.79. The number of carbonyl (C=O) groups is 1. The maximum Gasteiger partial charge on any atom is 0.291 e. The topological polar surface area (TPSA) is 87.9 Å². The second kappa shape index (κ2) is 5.95. The van der Waals surface area contributed by atoms with Gasteiger partial charge >= 0.3 is 0 Å². The first-order valence-electron chi connectivity index (χ1n) is 6.64. The summed E-state index contributed by atoms with van der Waals surface area (Å²) < 4.78 is 0. The van der Waals surface area contributed by atoms with Crippen molar-refractivity contribution in [3.8, 4) is 0 Å². The van der Waals surface area contributed by atoms with Gasteiger partial charge in [-0.05, 0) is 32.2 Å². The highest BCUT2D eigenvalue weighted by molar-refractivity contribution is 5.90. The quantitative estimate of drug-likeness (QED) is 0.828. The molecule has 0 radical (unpaired) electrons. The molecule has 100 valence electrons. The number of nitrogens with two attached hydrogens (primary N) is 1. The summed E-state index contributed by atoms with van der Waals surface area (Å²) in [6.45, 7) is 3.32. The van der Waals surface area contributed by atoms with Crippen LogP contribution in [0.4, 0.5) is 0 Å². The molecule has 0 aliphatic heterocycles. The number of hydrogen-bond acceptors (Lipinski definition) is 4. The first-order valence-corrected chi connectivity index (χ1v) is 6.64. The van der Waals surface area contributed by atoms with E-state index < -0.39 is 0 Å². The Labute approximate surface area is 107 Å². The van der Waals surface area contributed by atoms with Crippen LogP contribution in [-0.2, 0) is 0 Å². The van der Waals surface area contributed by atoms with Gasteiger partial charge in [-0.15, -0.1) is 0 Å². The summed E-state index contributed by atoms with van der Waals surface area (Å²) in [6.07, 6.45) is 5.90. The average molecular weight is 251 g/mol. The summed E-state index contributed by atoms with van der Waals surface area (Å²) in [5, 5.41) is 6.38. The molecule has 0 saturated heterocycles. The molecule has 2 rings (SSSR count). The molecule has 1 aliphatic rings. The number of carbonyl (C=O) groups excluding carboxylic acids is 1. The molecule has 6 nitrogen and oxygen atoms in total. The molecule has 1 saturated carbocycles. The highest BCUT2D eigenvalue weighted by Crippen LogP contribution is 2.28. The molecule has 1 heterocycles. The highest BCUT2D eigenvalue weighted by Gasteiger charge is 2.32. The summed E-state index contributed by atoms with van der Waals surface area (Å²) in [6, 6.07) is 0.242. The van der Waals surface area contributed by atoms with Crippen molar-refractivity contribution >= 4 is 5.91 Å². The number of hydrogen-bond donors (Lipinski definition) is 2. The minimum absolute atomic E-state index is 0.0691. The molecule has 1 aliphatic carbocycles. The van der Waals surface area contributed by atoms with Crippen LogP contribution in [0.3, 0.4) is 0 Å². The van der Waals surface area contributed by atoms with Crippen molar-refractivity contribution < 1.29 is 4.79 Å². The normalized spacial score (nSPS) is 23.9. The van der Waals surface area contributed by atoms with Crippen molar-refractivity contribution in [2.45, 2.75) is 38.6 Å². The van der Waals surface area contributed by atoms with E-state index in [2.05, 4.69) is 15.2 Å².